The van der Waals surface area contributed by atoms with Gasteiger partial charge in [-0.15, -0.1) is 0 Å². The Hall–Kier alpha value is -0.850. The van der Waals surface area contributed by atoms with Gasteiger partial charge in [-0.25, -0.2) is 0 Å². The van der Waals surface area contributed by atoms with Crippen LogP contribution in [0.3, 0.4) is 0 Å². The topological polar surface area (TPSA) is 58.1 Å². The van der Waals surface area contributed by atoms with Crippen molar-refractivity contribution < 1.29 is 9.47 Å². The van der Waals surface area contributed by atoms with Crippen molar-refractivity contribution in [1.29, 1.82) is 0 Å². The smallest absolute Gasteiger partial charge is 0.190 e. The maximum atomic E-state index is 5.88. The van der Waals surface area contributed by atoms with Crippen molar-refractivity contribution in [1.82, 2.24) is 15.5 Å². The molecule has 1 aliphatic heterocycles. The van der Waals surface area contributed by atoms with Crippen LogP contribution in [0.15, 0.2) is 4.99 Å². The van der Waals surface area contributed by atoms with Crippen molar-refractivity contribution in [2.24, 2.45) is 4.99 Å². The van der Waals surface area contributed by atoms with Gasteiger partial charge in [0.25, 0.3) is 0 Å². The molecule has 1 aliphatic rings. The van der Waals surface area contributed by atoms with Gasteiger partial charge in [0.15, 0.2) is 5.96 Å². The molecule has 2 N–H and O–H groups in total. The van der Waals surface area contributed by atoms with Gasteiger partial charge in [0.2, 0.25) is 0 Å². The van der Waals surface area contributed by atoms with Crippen LogP contribution in [0.2, 0.25) is 0 Å². The number of nitrogens with zero attached hydrogens (tertiary/aromatic N) is 2. The Morgan fingerprint density at radius 1 is 1.08 bits per heavy atom. The van der Waals surface area contributed by atoms with Crippen LogP contribution in [0.4, 0.5) is 0 Å². The number of ether oxygens (including phenoxy) is 2. The number of guanidine groups is 1. The normalized spacial score (nSPS) is 16.9. The minimum atomic E-state index is 0.385. The van der Waals surface area contributed by atoms with E-state index >= 15 is 0 Å². The highest BCUT2D eigenvalue weighted by atomic mass is 16.5. The Labute approximate surface area is 154 Å². The monoisotopic (exact) mass is 356 g/mol. The molecule has 0 radical (unpaired) electrons. The van der Waals surface area contributed by atoms with E-state index in [2.05, 4.69) is 48.2 Å². The summed E-state index contributed by atoms with van der Waals surface area (Å²) in [5.41, 5.74) is 0. The molecule has 148 valence electrons. The molecule has 6 nitrogen and oxygen atoms in total. The van der Waals surface area contributed by atoms with E-state index in [1.165, 1.54) is 0 Å². The van der Waals surface area contributed by atoms with Crippen LogP contribution in [0, 0.1) is 0 Å². The van der Waals surface area contributed by atoms with Gasteiger partial charge in [0, 0.05) is 58.6 Å². The molecule has 0 saturated carbocycles. The summed E-state index contributed by atoms with van der Waals surface area (Å²) < 4.78 is 11.2. The minimum absolute atomic E-state index is 0.385. The maximum absolute atomic E-state index is 5.88. The van der Waals surface area contributed by atoms with E-state index in [-0.39, 0.29) is 0 Å². The first kappa shape index (κ1) is 22.2. The Morgan fingerprint density at radius 3 is 2.24 bits per heavy atom. The van der Waals surface area contributed by atoms with Gasteiger partial charge >= 0.3 is 0 Å². The molecule has 0 aromatic carbocycles. The van der Waals surface area contributed by atoms with Crippen molar-refractivity contribution in [2.75, 3.05) is 46.5 Å². The first-order valence-corrected chi connectivity index (χ1v) is 9.94. The van der Waals surface area contributed by atoms with Crippen LogP contribution < -0.4 is 10.6 Å². The third-order valence-corrected chi connectivity index (χ3v) is 4.57. The zero-order valence-electron chi connectivity index (χ0n) is 17.0. The lowest BCUT2D eigenvalue weighted by Gasteiger charge is -2.30. The van der Waals surface area contributed by atoms with Crippen molar-refractivity contribution >= 4 is 5.96 Å². The molecule has 0 aliphatic carbocycles. The van der Waals surface area contributed by atoms with Crippen LogP contribution >= 0.6 is 0 Å². The molecule has 0 bridgehead atoms. The Kier molecular flexibility index (Phi) is 11.9. The van der Waals surface area contributed by atoms with Crippen molar-refractivity contribution in [3.63, 3.8) is 0 Å². The number of rotatable bonds is 11. The molecule has 0 spiro atoms. The Morgan fingerprint density at radius 2 is 1.68 bits per heavy atom. The molecule has 1 rings (SSSR count). The van der Waals surface area contributed by atoms with Gasteiger partial charge < -0.3 is 20.1 Å². The molecule has 0 aromatic heterocycles. The maximum Gasteiger partial charge on any atom is 0.190 e. The fraction of sp³-hybridized carbons (Fsp3) is 0.947. The average Bonchev–Trinajstić information content (AvgIpc) is 2.59. The lowest BCUT2D eigenvalue weighted by molar-refractivity contribution is -0.0320. The van der Waals surface area contributed by atoms with Gasteiger partial charge in [0.05, 0.1) is 6.10 Å². The number of nitrogens with one attached hydrogen (secondary N) is 2. The average molecular weight is 357 g/mol. The second kappa shape index (κ2) is 13.4. The third-order valence-electron chi connectivity index (χ3n) is 4.57. The van der Waals surface area contributed by atoms with E-state index in [0.29, 0.717) is 18.2 Å². The number of aliphatic imine (C=N–C) groups is 1. The van der Waals surface area contributed by atoms with Crippen LogP contribution in [0.25, 0.3) is 0 Å². The molecule has 0 amide bonds. The SMILES string of the molecule is CN=C(NCCCOC1CCOCC1)NCCCN(C(C)C)C(C)C. The van der Waals surface area contributed by atoms with Crippen LogP contribution in [0.5, 0.6) is 0 Å². The fourth-order valence-corrected chi connectivity index (χ4v) is 3.17. The van der Waals surface area contributed by atoms with E-state index in [4.69, 9.17) is 9.47 Å². The molecule has 1 heterocycles. The highest BCUT2D eigenvalue weighted by Crippen LogP contribution is 2.10. The summed E-state index contributed by atoms with van der Waals surface area (Å²) in [6.45, 7) is 14.4. The Bertz CT molecular complexity index is 347. The first-order chi connectivity index (χ1) is 12.0. The van der Waals surface area contributed by atoms with Crippen molar-refractivity contribution in [3.8, 4) is 0 Å². The van der Waals surface area contributed by atoms with Crippen molar-refractivity contribution in [2.45, 2.75) is 71.6 Å². The molecule has 0 unspecified atom stereocenters. The zero-order chi connectivity index (χ0) is 18.5. The largest absolute Gasteiger partial charge is 0.381 e. The summed E-state index contributed by atoms with van der Waals surface area (Å²) in [5, 5.41) is 6.76. The van der Waals surface area contributed by atoms with E-state index in [1.807, 2.05) is 7.05 Å². The highest BCUT2D eigenvalue weighted by Gasteiger charge is 2.14. The number of hydrogen-bond acceptors (Lipinski definition) is 4. The van der Waals surface area contributed by atoms with Gasteiger partial charge in [-0.1, -0.05) is 0 Å². The van der Waals surface area contributed by atoms with E-state index in [1.54, 1.807) is 0 Å². The Balaban J connectivity index is 2.06. The summed E-state index contributed by atoms with van der Waals surface area (Å²) in [4.78, 5) is 6.81. The highest BCUT2D eigenvalue weighted by molar-refractivity contribution is 5.79. The molecule has 25 heavy (non-hydrogen) atoms. The van der Waals surface area contributed by atoms with Crippen LogP contribution in [-0.4, -0.2) is 75.5 Å². The molecule has 6 heteroatoms. The van der Waals surface area contributed by atoms with E-state index < -0.39 is 0 Å². The zero-order valence-corrected chi connectivity index (χ0v) is 17.0. The van der Waals surface area contributed by atoms with E-state index in [0.717, 1.165) is 71.1 Å². The fourth-order valence-electron chi connectivity index (χ4n) is 3.17. The molecule has 1 fully saturated rings. The predicted molar refractivity (Wildman–Crippen MR) is 105 cm³/mol. The first-order valence-electron chi connectivity index (χ1n) is 9.94. The van der Waals surface area contributed by atoms with Gasteiger partial charge in [-0.05, 0) is 53.4 Å². The summed E-state index contributed by atoms with van der Waals surface area (Å²) in [6, 6.07) is 1.18. The molecule has 0 atom stereocenters. The van der Waals surface area contributed by atoms with Gasteiger partial charge in [-0.3, -0.25) is 9.89 Å². The lowest BCUT2D eigenvalue weighted by atomic mass is 10.1. The third kappa shape index (κ3) is 10.0. The summed E-state index contributed by atoms with van der Waals surface area (Å²) >= 11 is 0. The standard InChI is InChI=1S/C19H40N4O2/c1-16(2)23(17(3)4)12-6-10-21-19(20-5)22-11-7-13-25-18-8-14-24-15-9-18/h16-18H,6-15H2,1-5H3,(H2,20,21,22). The molecular weight excluding hydrogens is 316 g/mol. The van der Waals surface area contributed by atoms with Gasteiger partial charge in [-0.2, -0.15) is 0 Å². The second-order valence-corrected chi connectivity index (χ2v) is 7.24. The second-order valence-electron chi connectivity index (χ2n) is 7.24. The van der Waals surface area contributed by atoms with Crippen molar-refractivity contribution in [3.05, 3.63) is 0 Å². The molecule has 1 saturated heterocycles. The lowest BCUT2D eigenvalue weighted by Crippen LogP contribution is -2.41. The summed E-state index contributed by atoms with van der Waals surface area (Å²) in [7, 11) is 1.82. The molecule has 0 aromatic rings. The van der Waals surface area contributed by atoms with Crippen LogP contribution in [0.1, 0.15) is 53.4 Å². The minimum Gasteiger partial charge on any atom is -0.381 e. The number of hydrogen-bond donors (Lipinski definition) is 2. The van der Waals surface area contributed by atoms with E-state index in [9.17, 15) is 0 Å². The van der Waals surface area contributed by atoms with Crippen LogP contribution in [-0.2, 0) is 9.47 Å². The van der Waals surface area contributed by atoms with Gasteiger partial charge in [0.1, 0.15) is 0 Å². The quantitative estimate of drug-likeness (QED) is 0.338. The summed E-state index contributed by atoms with van der Waals surface area (Å²) in [5.74, 6) is 0.881. The summed E-state index contributed by atoms with van der Waals surface area (Å²) in [6.07, 6.45) is 4.55. The molecular formula is C19H40N4O2. The predicted octanol–water partition coefficient (Wildman–Crippen LogP) is 2.25.